The van der Waals surface area contributed by atoms with Crippen LogP contribution in [0.25, 0.3) is 0 Å². The van der Waals surface area contributed by atoms with Crippen molar-refractivity contribution < 1.29 is 14.6 Å². The third-order valence-corrected chi connectivity index (χ3v) is 3.23. The van der Waals surface area contributed by atoms with Crippen molar-refractivity contribution in [2.45, 2.75) is 56.8 Å². The van der Waals surface area contributed by atoms with Crippen molar-refractivity contribution in [3.63, 3.8) is 0 Å². The zero-order valence-corrected chi connectivity index (χ0v) is 8.95. The summed E-state index contributed by atoms with van der Waals surface area (Å²) < 4.78 is 5.41. The lowest BCUT2D eigenvalue weighted by Crippen LogP contribution is -2.35. The zero-order valence-electron chi connectivity index (χ0n) is 8.95. The highest BCUT2D eigenvalue weighted by atomic mass is 16.5. The molecule has 0 unspecified atom stereocenters. The van der Waals surface area contributed by atoms with Crippen molar-refractivity contribution >= 4 is 5.97 Å². The SMILES string of the molecule is O=C(OC1CCCCC1)[C@@H]1C[C@H](O)CN1. The summed E-state index contributed by atoms with van der Waals surface area (Å²) in [5.41, 5.74) is 0. The van der Waals surface area contributed by atoms with E-state index in [4.69, 9.17) is 4.74 Å². The van der Waals surface area contributed by atoms with Crippen LogP contribution in [0.3, 0.4) is 0 Å². The minimum atomic E-state index is -0.395. The third kappa shape index (κ3) is 2.92. The topological polar surface area (TPSA) is 58.6 Å². The number of aliphatic hydroxyl groups excluding tert-OH is 1. The van der Waals surface area contributed by atoms with Gasteiger partial charge in [0.2, 0.25) is 0 Å². The van der Waals surface area contributed by atoms with E-state index in [9.17, 15) is 9.90 Å². The van der Waals surface area contributed by atoms with Crippen LogP contribution >= 0.6 is 0 Å². The van der Waals surface area contributed by atoms with E-state index in [1.54, 1.807) is 0 Å². The Bertz CT molecular complexity index is 226. The van der Waals surface area contributed by atoms with Gasteiger partial charge in [-0.25, -0.2) is 0 Å². The first-order chi connectivity index (χ1) is 7.25. The monoisotopic (exact) mass is 213 g/mol. The summed E-state index contributed by atoms with van der Waals surface area (Å²) in [7, 11) is 0. The third-order valence-electron chi connectivity index (χ3n) is 3.23. The Morgan fingerprint density at radius 3 is 2.60 bits per heavy atom. The van der Waals surface area contributed by atoms with E-state index in [0.717, 1.165) is 12.8 Å². The quantitative estimate of drug-likeness (QED) is 0.659. The standard InChI is InChI=1S/C11H19NO3/c13-8-6-10(12-7-8)11(14)15-9-4-2-1-3-5-9/h8-10,12-13H,1-7H2/t8-,10-/m0/s1. The van der Waals surface area contributed by atoms with Gasteiger partial charge in [-0.15, -0.1) is 0 Å². The Morgan fingerprint density at radius 1 is 1.27 bits per heavy atom. The molecule has 0 bridgehead atoms. The molecule has 0 aromatic heterocycles. The summed E-state index contributed by atoms with van der Waals surface area (Å²) in [5.74, 6) is -0.182. The molecule has 0 radical (unpaired) electrons. The average Bonchev–Trinajstić information content (AvgIpc) is 2.66. The van der Waals surface area contributed by atoms with Crippen molar-refractivity contribution in [3.05, 3.63) is 0 Å². The van der Waals surface area contributed by atoms with Gasteiger partial charge in [0.05, 0.1) is 6.10 Å². The first-order valence-electron chi connectivity index (χ1n) is 5.87. The van der Waals surface area contributed by atoms with Gasteiger partial charge in [0, 0.05) is 13.0 Å². The van der Waals surface area contributed by atoms with Gasteiger partial charge in [-0.1, -0.05) is 6.42 Å². The number of hydrogen-bond donors (Lipinski definition) is 2. The molecule has 0 spiro atoms. The van der Waals surface area contributed by atoms with Crippen LogP contribution in [0.2, 0.25) is 0 Å². The molecule has 2 N–H and O–H groups in total. The highest BCUT2D eigenvalue weighted by Crippen LogP contribution is 2.21. The van der Waals surface area contributed by atoms with Crippen LogP contribution in [0.5, 0.6) is 0 Å². The molecule has 0 aromatic carbocycles. The van der Waals surface area contributed by atoms with Crippen LogP contribution in [-0.2, 0) is 9.53 Å². The highest BCUT2D eigenvalue weighted by molar-refractivity contribution is 5.76. The van der Waals surface area contributed by atoms with Crippen molar-refractivity contribution in [1.29, 1.82) is 0 Å². The molecular formula is C11H19NO3. The number of nitrogens with one attached hydrogen (secondary N) is 1. The molecule has 4 heteroatoms. The Morgan fingerprint density at radius 2 is 2.00 bits per heavy atom. The molecule has 2 atom stereocenters. The Labute approximate surface area is 90.0 Å². The first-order valence-corrected chi connectivity index (χ1v) is 5.87. The van der Waals surface area contributed by atoms with Gasteiger partial charge < -0.3 is 15.2 Å². The maximum absolute atomic E-state index is 11.7. The number of carbonyl (C=O) groups excluding carboxylic acids is 1. The summed E-state index contributed by atoms with van der Waals surface area (Å²) in [5, 5.41) is 12.3. The molecule has 0 amide bonds. The van der Waals surface area contributed by atoms with E-state index in [1.165, 1.54) is 19.3 Å². The number of esters is 1. The van der Waals surface area contributed by atoms with E-state index in [2.05, 4.69) is 5.32 Å². The predicted molar refractivity (Wildman–Crippen MR) is 55.4 cm³/mol. The summed E-state index contributed by atoms with van der Waals surface area (Å²) in [4.78, 5) is 11.7. The number of hydrogen-bond acceptors (Lipinski definition) is 4. The molecule has 1 saturated heterocycles. The molecule has 86 valence electrons. The molecule has 2 fully saturated rings. The van der Waals surface area contributed by atoms with Crippen LogP contribution in [0, 0.1) is 0 Å². The van der Waals surface area contributed by atoms with Crippen LogP contribution in [0.4, 0.5) is 0 Å². The van der Waals surface area contributed by atoms with Gasteiger partial charge in [0.15, 0.2) is 0 Å². The van der Waals surface area contributed by atoms with E-state index in [-0.39, 0.29) is 18.1 Å². The largest absolute Gasteiger partial charge is 0.461 e. The lowest BCUT2D eigenvalue weighted by atomic mass is 9.98. The van der Waals surface area contributed by atoms with Crippen LogP contribution in [0.15, 0.2) is 0 Å². The van der Waals surface area contributed by atoms with Crippen LogP contribution in [0.1, 0.15) is 38.5 Å². The van der Waals surface area contributed by atoms with Crippen molar-refractivity contribution in [2.24, 2.45) is 0 Å². The van der Waals surface area contributed by atoms with Crippen molar-refractivity contribution in [2.75, 3.05) is 6.54 Å². The molecule has 2 aliphatic rings. The predicted octanol–water partition coefficient (Wildman–Crippen LogP) is 0.585. The second kappa shape index (κ2) is 4.94. The van der Waals surface area contributed by atoms with Gasteiger partial charge in [-0.05, 0) is 25.7 Å². The summed E-state index contributed by atoms with van der Waals surface area (Å²) in [6.07, 6.45) is 5.80. The van der Waals surface area contributed by atoms with Gasteiger partial charge in [-0.3, -0.25) is 4.79 Å². The van der Waals surface area contributed by atoms with Crippen molar-refractivity contribution in [3.8, 4) is 0 Å². The zero-order chi connectivity index (χ0) is 10.7. The number of carbonyl (C=O) groups is 1. The number of ether oxygens (including phenoxy) is 1. The smallest absolute Gasteiger partial charge is 0.323 e. The Kier molecular flexibility index (Phi) is 3.59. The van der Waals surface area contributed by atoms with E-state index in [0.29, 0.717) is 13.0 Å². The molecule has 0 aromatic rings. The second-order valence-corrected chi connectivity index (χ2v) is 4.55. The maximum atomic E-state index is 11.7. The minimum absolute atomic E-state index is 0.116. The molecule has 1 aliphatic heterocycles. The molecule has 1 aliphatic carbocycles. The summed E-state index contributed by atoms with van der Waals surface area (Å²) in [6.45, 7) is 0.504. The van der Waals surface area contributed by atoms with Gasteiger partial charge in [0.1, 0.15) is 12.1 Å². The minimum Gasteiger partial charge on any atom is -0.461 e. The van der Waals surface area contributed by atoms with Crippen LogP contribution < -0.4 is 5.32 Å². The fourth-order valence-electron chi connectivity index (χ4n) is 2.33. The summed E-state index contributed by atoms with van der Waals surface area (Å²) in [6, 6.07) is -0.290. The van der Waals surface area contributed by atoms with E-state index in [1.807, 2.05) is 0 Å². The molecule has 1 heterocycles. The molecule has 1 saturated carbocycles. The number of β-amino-alcohol motifs (C(OH)–C–C–N with tert-alkyl or cyclic N) is 1. The number of aliphatic hydroxyl groups is 1. The average molecular weight is 213 g/mol. The molecule has 4 nitrogen and oxygen atoms in total. The normalized spacial score (nSPS) is 32.9. The maximum Gasteiger partial charge on any atom is 0.323 e. The Hall–Kier alpha value is -0.610. The second-order valence-electron chi connectivity index (χ2n) is 4.55. The van der Waals surface area contributed by atoms with Gasteiger partial charge >= 0.3 is 5.97 Å². The lowest BCUT2D eigenvalue weighted by Gasteiger charge is -2.23. The fraction of sp³-hybridized carbons (Fsp3) is 0.909. The summed E-state index contributed by atoms with van der Waals surface area (Å²) >= 11 is 0. The van der Waals surface area contributed by atoms with Crippen molar-refractivity contribution in [1.82, 2.24) is 5.32 Å². The first kappa shape index (κ1) is 10.9. The molecular weight excluding hydrogens is 194 g/mol. The highest BCUT2D eigenvalue weighted by Gasteiger charge is 2.31. The van der Waals surface area contributed by atoms with Gasteiger partial charge in [0.25, 0.3) is 0 Å². The van der Waals surface area contributed by atoms with E-state index >= 15 is 0 Å². The van der Waals surface area contributed by atoms with Gasteiger partial charge in [-0.2, -0.15) is 0 Å². The van der Waals surface area contributed by atoms with E-state index < -0.39 is 6.10 Å². The lowest BCUT2D eigenvalue weighted by molar-refractivity contribution is -0.152. The Balaban J connectivity index is 1.76. The molecule has 15 heavy (non-hydrogen) atoms. The fourth-order valence-corrected chi connectivity index (χ4v) is 2.33. The number of rotatable bonds is 2. The molecule has 2 rings (SSSR count). The van der Waals surface area contributed by atoms with Crippen LogP contribution in [-0.4, -0.2) is 35.9 Å².